The Labute approximate surface area is 97.8 Å². The van der Waals surface area contributed by atoms with Crippen molar-refractivity contribution in [1.82, 2.24) is 0 Å². The highest BCUT2D eigenvalue weighted by Gasteiger charge is 2.53. The van der Waals surface area contributed by atoms with E-state index in [0.717, 1.165) is 5.75 Å². The summed E-state index contributed by atoms with van der Waals surface area (Å²) >= 11 is 0. The van der Waals surface area contributed by atoms with Crippen LogP contribution in [-0.4, -0.2) is 12.1 Å². The summed E-state index contributed by atoms with van der Waals surface area (Å²) < 4.78 is 5.54. The largest absolute Gasteiger partial charge is 0.494 e. The van der Waals surface area contributed by atoms with Crippen molar-refractivity contribution < 1.29 is 4.74 Å². The molecule has 1 fully saturated rings. The standard InChI is InChI=1S/C14H21NO/c1-4-16-12-7-5-6-11(10-12)14(8-9-14)13(2,3)15/h5-7,10H,4,8-9,15H2,1-3H3. The molecule has 2 heteroatoms. The first kappa shape index (κ1) is 11.5. The fourth-order valence-corrected chi connectivity index (χ4v) is 2.48. The average molecular weight is 219 g/mol. The van der Waals surface area contributed by atoms with Crippen molar-refractivity contribution in [2.45, 2.75) is 44.6 Å². The van der Waals surface area contributed by atoms with E-state index in [-0.39, 0.29) is 11.0 Å². The van der Waals surface area contributed by atoms with Crippen LogP contribution in [0.5, 0.6) is 5.75 Å². The molecule has 0 heterocycles. The van der Waals surface area contributed by atoms with Gasteiger partial charge in [0.1, 0.15) is 5.75 Å². The zero-order valence-corrected chi connectivity index (χ0v) is 10.4. The van der Waals surface area contributed by atoms with Crippen LogP contribution in [0, 0.1) is 0 Å². The first-order chi connectivity index (χ1) is 7.49. The van der Waals surface area contributed by atoms with Crippen LogP contribution in [0.4, 0.5) is 0 Å². The van der Waals surface area contributed by atoms with Gasteiger partial charge in [-0.25, -0.2) is 0 Å². The van der Waals surface area contributed by atoms with Crippen LogP contribution >= 0.6 is 0 Å². The molecule has 0 atom stereocenters. The Morgan fingerprint density at radius 3 is 2.56 bits per heavy atom. The number of ether oxygens (including phenoxy) is 1. The maximum absolute atomic E-state index is 6.29. The summed E-state index contributed by atoms with van der Waals surface area (Å²) in [5.41, 5.74) is 7.63. The predicted octanol–water partition coefficient (Wildman–Crippen LogP) is 2.85. The van der Waals surface area contributed by atoms with Gasteiger partial charge in [-0.1, -0.05) is 12.1 Å². The first-order valence-corrected chi connectivity index (χ1v) is 6.02. The molecule has 2 N–H and O–H groups in total. The maximum atomic E-state index is 6.29. The lowest BCUT2D eigenvalue weighted by Crippen LogP contribution is -2.45. The highest BCUT2D eigenvalue weighted by Crippen LogP contribution is 2.55. The molecule has 2 nitrogen and oxygen atoms in total. The molecule has 0 aliphatic heterocycles. The molecule has 0 saturated heterocycles. The van der Waals surface area contributed by atoms with E-state index in [0.29, 0.717) is 6.61 Å². The molecule has 1 aliphatic rings. The monoisotopic (exact) mass is 219 g/mol. The van der Waals surface area contributed by atoms with Gasteiger partial charge in [-0.15, -0.1) is 0 Å². The highest BCUT2D eigenvalue weighted by molar-refractivity contribution is 5.40. The quantitative estimate of drug-likeness (QED) is 0.845. The molecule has 0 radical (unpaired) electrons. The van der Waals surface area contributed by atoms with Crippen LogP contribution in [0.3, 0.4) is 0 Å². The first-order valence-electron chi connectivity index (χ1n) is 6.02. The lowest BCUT2D eigenvalue weighted by Gasteiger charge is -2.31. The molecule has 2 rings (SSSR count). The number of rotatable bonds is 4. The van der Waals surface area contributed by atoms with Crippen molar-refractivity contribution in [1.29, 1.82) is 0 Å². The van der Waals surface area contributed by atoms with E-state index in [4.69, 9.17) is 10.5 Å². The second-order valence-electron chi connectivity index (χ2n) is 5.26. The van der Waals surface area contributed by atoms with E-state index >= 15 is 0 Å². The van der Waals surface area contributed by atoms with Gasteiger partial charge in [0.15, 0.2) is 0 Å². The Hall–Kier alpha value is -1.02. The normalized spacial score (nSPS) is 18.2. The summed E-state index contributed by atoms with van der Waals surface area (Å²) in [5, 5.41) is 0. The van der Waals surface area contributed by atoms with E-state index in [2.05, 4.69) is 32.0 Å². The topological polar surface area (TPSA) is 35.2 Å². The maximum Gasteiger partial charge on any atom is 0.119 e. The van der Waals surface area contributed by atoms with Crippen LogP contribution in [0.2, 0.25) is 0 Å². The van der Waals surface area contributed by atoms with Crippen molar-refractivity contribution >= 4 is 0 Å². The fraction of sp³-hybridized carbons (Fsp3) is 0.571. The van der Waals surface area contributed by atoms with Gasteiger partial charge in [0.2, 0.25) is 0 Å². The van der Waals surface area contributed by atoms with E-state index in [9.17, 15) is 0 Å². The molecule has 1 aromatic carbocycles. The third kappa shape index (κ3) is 1.82. The van der Waals surface area contributed by atoms with Gasteiger partial charge in [0.05, 0.1) is 6.61 Å². The number of hydrogen-bond donors (Lipinski definition) is 1. The Bertz CT molecular complexity index is 375. The molecule has 88 valence electrons. The molecule has 1 saturated carbocycles. The van der Waals surface area contributed by atoms with Gasteiger partial charge < -0.3 is 10.5 Å². The Morgan fingerprint density at radius 2 is 2.06 bits per heavy atom. The summed E-state index contributed by atoms with van der Waals surface area (Å²) in [6, 6.07) is 8.38. The van der Waals surface area contributed by atoms with Crippen LogP contribution in [0.15, 0.2) is 24.3 Å². The molecular weight excluding hydrogens is 198 g/mol. The molecule has 0 spiro atoms. The molecule has 0 unspecified atom stereocenters. The minimum absolute atomic E-state index is 0.155. The van der Waals surface area contributed by atoms with Crippen molar-refractivity contribution in [2.75, 3.05) is 6.61 Å². The van der Waals surface area contributed by atoms with E-state index in [1.54, 1.807) is 0 Å². The highest BCUT2D eigenvalue weighted by atomic mass is 16.5. The fourth-order valence-electron chi connectivity index (χ4n) is 2.48. The zero-order valence-electron chi connectivity index (χ0n) is 10.4. The molecule has 0 bridgehead atoms. The van der Waals surface area contributed by atoms with Crippen molar-refractivity contribution in [3.63, 3.8) is 0 Å². The number of hydrogen-bond acceptors (Lipinski definition) is 2. The number of nitrogens with two attached hydrogens (primary N) is 1. The summed E-state index contributed by atoms with van der Waals surface area (Å²) in [7, 11) is 0. The molecule has 16 heavy (non-hydrogen) atoms. The lowest BCUT2D eigenvalue weighted by molar-refractivity contribution is 0.337. The summed E-state index contributed by atoms with van der Waals surface area (Å²) in [6.07, 6.45) is 2.37. The van der Waals surface area contributed by atoms with Gasteiger partial charge in [-0.05, 0) is 51.3 Å². The average Bonchev–Trinajstić information content (AvgIpc) is 2.98. The Morgan fingerprint density at radius 1 is 1.38 bits per heavy atom. The number of benzene rings is 1. The molecule has 1 aromatic rings. The SMILES string of the molecule is CCOc1cccc(C2(C(C)(C)N)CC2)c1. The minimum atomic E-state index is -0.155. The van der Waals surface area contributed by atoms with Crippen LogP contribution in [-0.2, 0) is 5.41 Å². The second kappa shape index (κ2) is 3.77. The van der Waals surface area contributed by atoms with E-state index in [1.807, 2.05) is 13.0 Å². The zero-order chi connectivity index (χ0) is 11.8. The van der Waals surface area contributed by atoms with Crippen LogP contribution in [0.1, 0.15) is 39.2 Å². The third-order valence-electron chi connectivity index (χ3n) is 3.68. The Balaban J connectivity index is 2.31. The minimum Gasteiger partial charge on any atom is -0.494 e. The van der Waals surface area contributed by atoms with Gasteiger partial charge >= 0.3 is 0 Å². The van der Waals surface area contributed by atoms with Gasteiger partial charge in [-0.2, -0.15) is 0 Å². The van der Waals surface area contributed by atoms with Crippen LogP contribution in [0.25, 0.3) is 0 Å². The smallest absolute Gasteiger partial charge is 0.119 e. The van der Waals surface area contributed by atoms with Gasteiger partial charge in [0.25, 0.3) is 0 Å². The summed E-state index contributed by atoms with van der Waals surface area (Å²) in [4.78, 5) is 0. The summed E-state index contributed by atoms with van der Waals surface area (Å²) in [5.74, 6) is 0.954. The Kier molecular flexibility index (Phi) is 2.70. The van der Waals surface area contributed by atoms with Crippen molar-refractivity contribution in [3.05, 3.63) is 29.8 Å². The van der Waals surface area contributed by atoms with Crippen LogP contribution < -0.4 is 10.5 Å². The molecule has 0 aromatic heterocycles. The molecule has 1 aliphatic carbocycles. The predicted molar refractivity (Wildman–Crippen MR) is 66.8 cm³/mol. The molecule has 0 amide bonds. The van der Waals surface area contributed by atoms with E-state index in [1.165, 1.54) is 18.4 Å². The van der Waals surface area contributed by atoms with Gasteiger partial charge in [-0.3, -0.25) is 0 Å². The van der Waals surface area contributed by atoms with Gasteiger partial charge in [0, 0.05) is 11.0 Å². The van der Waals surface area contributed by atoms with Crippen molar-refractivity contribution in [2.24, 2.45) is 5.73 Å². The molecular formula is C14H21NO. The van der Waals surface area contributed by atoms with Crippen molar-refractivity contribution in [3.8, 4) is 5.75 Å². The summed E-state index contributed by atoms with van der Waals surface area (Å²) in [6.45, 7) is 6.95. The lowest BCUT2D eigenvalue weighted by atomic mass is 9.79. The third-order valence-corrected chi connectivity index (χ3v) is 3.68. The second-order valence-corrected chi connectivity index (χ2v) is 5.26. The van der Waals surface area contributed by atoms with E-state index < -0.39 is 0 Å².